The molecule has 3 heteroatoms. The average molecular weight is 291 g/mol. The molecule has 1 atom stereocenters. The van der Waals surface area contributed by atoms with E-state index in [9.17, 15) is 0 Å². The van der Waals surface area contributed by atoms with Gasteiger partial charge in [0.2, 0.25) is 0 Å². The summed E-state index contributed by atoms with van der Waals surface area (Å²) in [4.78, 5) is 0. The number of hydrogen-bond acceptors (Lipinski definition) is 3. The molecule has 0 amide bonds. The largest absolute Gasteiger partial charge is 0.487 e. The molecule has 1 unspecified atom stereocenters. The van der Waals surface area contributed by atoms with Crippen molar-refractivity contribution in [1.82, 2.24) is 5.32 Å². The molecular formula is C17H25NOS. The molecule has 3 rings (SSSR count). The first kappa shape index (κ1) is 14.3. The lowest BCUT2D eigenvalue weighted by Crippen LogP contribution is -2.40. The van der Waals surface area contributed by atoms with Crippen LogP contribution in [0.25, 0.3) is 0 Å². The van der Waals surface area contributed by atoms with Crippen molar-refractivity contribution in [3.8, 4) is 5.75 Å². The molecule has 1 N–H and O–H groups in total. The Labute approximate surface area is 126 Å². The minimum atomic E-state index is -0.0750. The van der Waals surface area contributed by atoms with Crippen molar-refractivity contribution >= 4 is 11.8 Å². The summed E-state index contributed by atoms with van der Waals surface area (Å²) in [6.45, 7) is 5.53. The Morgan fingerprint density at radius 1 is 1.25 bits per heavy atom. The van der Waals surface area contributed by atoms with Crippen LogP contribution in [-0.4, -0.2) is 23.7 Å². The number of nitrogens with one attached hydrogen (secondary N) is 1. The Bertz CT molecular complexity index is 454. The summed E-state index contributed by atoms with van der Waals surface area (Å²) in [5, 5.41) is 3.81. The number of hydrogen-bond donors (Lipinski definition) is 1. The maximum absolute atomic E-state index is 6.10. The van der Waals surface area contributed by atoms with Crippen LogP contribution in [-0.2, 0) is 0 Å². The van der Waals surface area contributed by atoms with Gasteiger partial charge in [0.05, 0.1) is 0 Å². The lowest BCUT2D eigenvalue weighted by atomic mass is 9.89. The highest BCUT2D eigenvalue weighted by Crippen LogP contribution is 2.39. The molecule has 0 bridgehead atoms. The highest BCUT2D eigenvalue weighted by atomic mass is 32.2. The highest BCUT2D eigenvalue weighted by molar-refractivity contribution is 7.99. The van der Waals surface area contributed by atoms with Crippen LogP contribution in [0.3, 0.4) is 0 Å². The van der Waals surface area contributed by atoms with Gasteiger partial charge < -0.3 is 10.1 Å². The third kappa shape index (κ3) is 3.32. The number of para-hydroxylation sites is 1. The Hall–Kier alpha value is -0.670. The van der Waals surface area contributed by atoms with Crippen molar-refractivity contribution in [3.05, 3.63) is 29.8 Å². The third-order valence-corrected chi connectivity index (χ3v) is 5.42. The summed E-state index contributed by atoms with van der Waals surface area (Å²) in [5.74, 6) is 4.58. The molecule has 20 heavy (non-hydrogen) atoms. The van der Waals surface area contributed by atoms with E-state index in [2.05, 4.69) is 55.2 Å². The molecule has 1 saturated heterocycles. The summed E-state index contributed by atoms with van der Waals surface area (Å²) in [7, 11) is 0. The Morgan fingerprint density at radius 2 is 2.00 bits per heavy atom. The molecule has 0 spiro atoms. The molecule has 1 fully saturated rings. The Kier molecular flexibility index (Phi) is 4.27. The van der Waals surface area contributed by atoms with Crippen molar-refractivity contribution < 1.29 is 4.74 Å². The van der Waals surface area contributed by atoms with E-state index >= 15 is 0 Å². The van der Waals surface area contributed by atoms with Gasteiger partial charge in [0, 0.05) is 18.0 Å². The lowest BCUT2D eigenvalue weighted by Gasteiger charge is -2.38. The highest BCUT2D eigenvalue weighted by Gasteiger charge is 2.33. The zero-order valence-electron chi connectivity index (χ0n) is 12.5. The zero-order valence-corrected chi connectivity index (χ0v) is 13.3. The van der Waals surface area contributed by atoms with Crippen LogP contribution in [0.5, 0.6) is 5.75 Å². The van der Waals surface area contributed by atoms with Gasteiger partial charge in [-0.1, -0.05) is 18.2 Å². The third-order valence-electron chi connectivity index (χ3n) is 4.37. The minimum Gasteiger partial charge on any atom is -0.487 e. The van der Waals surface area contributed by atoms with E-state index in [0.717, 1.165) is 24.6 Å². The molecule has 0 saturated carbocycles. The van der Waals surface area contributed by atoms with E-state index in [0.29, 0.717) is 6.04 Å². The van der Waals surface area contributed by atoms with Crippen LogP contribution in [0.4, 0.5) is 0 Å². The molecule has 110 valence electrons. The van der Waals surface area contributed by atoms with Crippen molar-refractivity contribution in [2.45, 2.75) is 44.8 Å². The van der Waals surface area contributed by atoms with Gasteiger partial charge in [-0.15, -0.1) is 0 Å². The van der Waals surface area contributed by atoms with Crippen LogP contribution in [0.15, 0.2) is 24.3 Å². The normalized spacial score (nSPS) is 25.8. The second-order valence-corrected chi connectivity index (χ2v) is 7.85. The molecule has 2 heterocycles. The van der Waals surface area contributed by atoms with E-state index < -0.39 is 0 Å². The maximum atomic E-state index is 6.10. The fraction of sp³-hybridized carbons (Fsp3) is 0.647. The first-order valence-corrected chi connectivity index (χ1v) is 8.89. The van der Waals surface area contributed by atoms with Gasteiger partial charge in [-0.05, 0) is 56.7 Å². The average Bonchev–Trinajstić information content (AvgIpc) is 2.45. The molecule has 1 aromatic carbocycles. The van der Waals surface area contributed by atoms with Crippen molar-refractivity contribution in [1.29, 1.82) is 0 Å². The number of rotatable bonds is 3. The van der Waals surface area contributed by atoms with Crippen molar-refractivity contribution in [2.75, 3.05) is 18.1 Å². The quantitative estimate of drug-likeness (QED) is 0.909. The van der Waals surface area contributed by atoms with Gasteiger partial charge in [-0.3, -0.25) is 0 Å². The molecular weight excluding hydrogens is 266 g/mol. The number of fused-ring (bicyclic) bond motifs is 1. The second-order valence-electron chi connectivity index (χ2n) is 6.62. The molecule has 0 aromatic heterocycles. The van der Waals surface area contributed by atoms with Gasteiger partial charge in [0.25, 0.3) is 0 Å². The fourth-order valence-corrected chi connectivity index (χ4v) is 4.45. The smallest absolute Gasteiger partial charge is 0.124 e. The predicted octanol–water partition coefficient (Wildman–Crippen LogP) is 4.02. The fourth-order valence-electron chi connectivity index (χ4n) is 3.24. The maximum Gasteiger partial charge on any atom is 0.124 e. The summed E-state index contributed by atoms with van der Waals surface area (Å²) in [5.41, 5.74) is 1.26. The summed E-state index contributed by atoms with van der Waals surface area (Å²) >= 11 is 2.10. The lowest BCUT2D eigenvalue weighted by molar-refractivity contribution is 0.0651. The van der Waals surface area contributed by atoms with Gasteiger partial charge in [0.15, 0.2) is 0 Å². The topological polar surface area (TPSA) is 21.3 Å². The number of ether oxygens (including phenoxy) is 1. The molecule has 2 aliphatic heterocycles. The summed E-state index contributed by atoms with van der Waals surface area (Å²) in [6.07, 6.45) is 3.78. The van der Waals surface area contributed by atoms with Gasteiger partial charge in [-0.25, -0.2) is 0 Å². The monoisotopic (exact) mass is 291 g/mol. The van der Waals surface area contributed by atoms with Gasteiger partial charge in [-0.2, -0.15) is 11.8 Å². The van der Waals surface area contributed by atoms with Crippen molar-refractivity contribution in [2.24, 2.45) is 5.92 Å². The second kappa shape index (κ2) is 5.98. The van der Waals surface area contributed by atoms with Gasteiger partial charge >= 0.3 is 0 Å². The van der Waals surface area contributed by atoms with Crippen LogP contribution in [0.1, 0.15) is 44.7 Å². The Morgan fingerprint density at radius 3 is 2.80 bits per heavy atom. The van der Waals surface area contributed by atoms with Crippen molar-refractivity contribution in [3.63, 3.8) is 0 Å². The standard InChI is InChI=1S/C17H25NOS/c1-17(2)11-15(14-5-3-4-6-16(14)19-17)18-12-13-7-9-20-10-8-13/h3-6,13,15,18H,7-12H2,1-2H3. The van der Waals surface area contributed by atoms with Crippen LogP contribution in [0.2, 0.25) is 0 Å². The van der Waals surface area contributed by atoms with Crippen LogP contribution >= 0.6 is 11.8 Å². The van der Waals surface area contributed by atoms with Crippen LogP contribution in [0, 0.1) is 5.92 Å². The van der Waals surface area contributed by atoms with Gasteiger partial charge in [0.1, 0.15) is 11.4 Å². The SMILES string of the molecule is CC1(C)CC(NCC2CCSCC2)c2ccccc2O1. The van der Waals surface area contributed by atoms with E-state index in [-0.39, 0.29) is 5.60 Å². The Balaban J connectivity index is 1.68. The minimum absolute atomic E-state index is 0.0750. The van der Waals surface area contributed by atoms with Crippen LogP contribution < -0.4 is 10.1 Å². The first-order chi connectivity index (χ1) is 9.64. The molecule has 2 nitrogen and oxygen atoms in total. The number of benzene rings is 1. The van der Waals surface area contributed by atoms with E-state index in [1.54, 1.807) is 0 Å². The number of thioether (sulfide) groups is 1. The summed E-state index contributed by atoms with van der Waals surface area (Å²) < 4.78 is 6.10. The summed E-state index contributed by atoms with van der Waals surface area (Å²) in [6, 6.07) is 8.92. The molecule has 1 aromatic rings. The van der Waals surface area contributed by atoms with E-state index in [4.69, 9.17) is 4.74 Å². The van der Waals surface area contributed by atoms with E-state index in [1.165, 1.54) is 29.9 Å². The first-order valence-electron chi connectivity index (χ1n) is 7.73. The zero-order chi connectivity index (χ0) is 14.0. The molecule has 2 aliphatic rings. The molecule has 0 radical (unpaired) electrons. The van der Waals surface area contributed by atoms with E-state index in [1.807, 2.05) is 0 Å². The predicted molar refractivity (Wildman–Crippen MR) is 86.6 cm³/mol. The molecule has 0 aliphatic carbocycles.